The van der Waals surface area contributed by atoms with Gasteiger partial charge >= 0.3 is 0 Å². The molecule has 1 aromatic heterocycles. The van der Waals surface area contributed by atoms with Gasteiger partial charge in [0.2, 0.25) is 0 Å². The molecule has 1 aliphatic rings. The van der Waals surface area contributed by atoms with Crippen LogP contribution in [0.3, 0.4) is 0 Å². The van der Waals surface area contributed by atoms with Gasteiger partial charge in [-0.25, -0.2) is 0 Å². The smallest absolute Gasteiger partial charge is 0.0457 e. The predicted molar refractivity (Wildman–Crippen MR) is 104 cm³/mol. The maximum Gasteiger partial charge on any atom is 0.0457 e. The topological polar surface area (TPSA) is 31.1 Å². The average Bonchev–Trinajstić information content (AvgIpc) is 3.00. The molecule has 5 heteroatoms. The van der Waals surface area contributed by atoms with Crippen molar-refractivity contribution in [2.45, 2.75) is 38.6 Å². The molecule has 2 heterocycles. The van der Waals surface area contributed by atoms with Crippen molar-refractivity contribution in [3.8, 4) is 0 Å². The maximum atomic E-state index is 3.47. The molecular formula is C18H29Cl2N3. The van der Waals surface area contributed by atoms with Gasteiger partial charge in [0.25, 0.3) is 0 Å². The number of nitrogens with zero attached hydrogens (tertiary/aromatic N) is 1. The minimum Gasteiger partial charge on any atom is -0.361 e. The third-order valence-electron chi connectivity index (χ3n) is 4.64. The Bertz CT molecular complexity index is 564. The molecule has 1 fully saturated rings. The summed E-state index contributed by atoms with van der Waals surface area (Å²) >= 11 is 0. The van der Waals surface area contributed by atoms with Crippen LogP contribution in [0.25, 0.3) is 10.9 Å². The van der Waals surface area contributed by atoms with Crippen LogP contribution in [0.2, 0.25) is 0 Å². The van der Waals surface area contributed by atoms with Gasteiger partial charge in [0.1, 0.15) is 0 Å². The van der Waals surface area contributed by atoms with Crippen molar-refractivity contribution >= 4 is 35.7 Å². The molecule has 0 aliphatic carbocycles. The van der Waals surface area contributed by atoms with Crippen molar-refractivity contribution in [1.29, 1.82) is 0 Å². The first-order chi connectivity index (χ1) is 10.4. The number of piperazine rings is 1. The van der Waals surface area contributed by atoms with Crippen LogP contribution in [-0.2, 0) is 0 Å². The molecule has 1 aliphatic heterocycles. The second-order valence-electron chi connectivity index (χ2n) is 6.12. The van der Waals surface area contributed by atoms with E-state index in [0.717, 1.165) is 13.1 Å². The molecule has 0 amide bonds. The minimum atomic E-state index is 0. The molecule has 3 nitrogen and oxygen atoms in total. The normalized spacial score (nSPS) is 16.6. The lowest BCUT2D eigenvalue weighted by atomic mass is 9.97. The van der Waals surface area contributed by atoms with Gasteiger partial charge in [-0.1, -0.05) is 38.3 Å². The number of nitrogens with one attached hydrogen (secondary N) is 2. The third-order valence-corrected chi connectivity index (χ3v) is 4.64. The van der Waals surface area contributed by atoms with Gasteiger partial charge in [0.15, 0.2) is 0 Å². The molecule has 0 unspecified atom stereocenters. The van der Waals surface area contributed by atoms with Gasteiger partial charge in [0, 0.05) is 43.9 Å². The highest BCUT2D eigenvalue weighted by molar-refractivity contribution is 5.85. The quantitative estimate of drug-likeness (QED) is 0.743. The van der Waals surface area contributed by atoms with Crippen molar-refractivity contribution in [2.75, 3.05) is 26.2 Å². The minimum absolute atomic E-state index is 0. The van der Waals surface area contributed by atoms with Crippen LogP contribution < -0.4 is 5.32 Å². The molecular weight excluding hydrogens is 329 g/mol. The van der Waals surface area contributed by atoms with E-state index in [1.165, 1.54) is 55.2 Å². The van der Waals surface area contributed by atoms with Crippen LogP contribution in [0, 0.1) is 0 Å². The van der Waals surface area contributed by atoms with Gasteiger partial charge < -0.3 is 10.3 Å². The number of benzene rings is 1. The summed E-state index contributed by atoms with van der Waals surface area (Å²) in [5, 5.41) is 4.78. The molecule has 2 aromatic rings. The standard InChI is InChI=1S/C18H27N3.2ClH/c1-2-3-4-5-18(21-12-10-19-11-13-21)16-7-6-15-8-9-20-17(15)14-16;;/h6-9,14,18-20H,2-5,10-13H2,1H3;2*1H/t18-;;/m1../s1. The van der Waals surface area contributed by atoms with Crippen molar-refractivity contribution in [3.63, 3.8) is 0 Å². The van der Waals surface area contributed by atoms with E-state index in [1.54, 1.807) is 0 Å². The Balaban J connectivity index is 0.00000132. The highest BCUT2D eigenvalue weighted by Crippen LogP contribution is 2.29. The van der Waals surface area contributed by atoms with E-state index in [0.29, 0.717) is 6.04 Å². The van der Waals surface area contributed by atoms with E-state index in [-0.39, 0.29) is 24.8 Å². The third kappa shape index (κ3) is 5.12. The van der Waals surface area contributed by atoms with E-state index in [4.69, 9.17) is 0 Å². The summed E-state index contributed by atoms with van der Waals surface area (Å²) in [5.41, 5.74) is 2.74. The number of hydrogen-bond donors (Lipinski definition) is 2. The number of fused-ring (bicyclic) bond motifs is 1. The lowest BCUT2D eigenvalue weighted by Gasteiger charge is -2.35. The first-order valence-electron chi connectivity index (χ1n) is 8.40. The van der Waals surface area contributed by atoms with Crippen LogP contribution in [0.4, 0.5) is 0 Å². The summed E-state index contributed by atoms with van der Waals surface area (Å²) in [6.07, 6.45) is 7.27. The summed E-state index contributed by atoms with van der Waals surface area (Å²) in [6.45, 7) is 6.86. The zero-order chi connectivity index (χ0) is 14.5. The molecule has 3 rings (SSSR count). The number of aromatic amines is 1. The van der Waals surface area contributed by atoms with Gasteiger partial charge in [-0.15, -0.1) is 24.8 Å². The second-order valence-corrected chi connectivity index (χ2v) is 6.12. The number of hydrogen-bond acceptors (Lipinski definition) is 2. The van der Waals surface area contributed by atoms with E-state index in [9.17, 15) is 0 Å². The van der Waals surface area contributed by atoms with Gasteiger partial charge in [-0.05, 0) is 29.5 Å². The van der Waals surface area contributed by atoms with Crippen molar-refractivity contribution in [2.24, 2.45) is 0 Å². The Morgan fingerprint density at radius 1 is 1.09 bits per heavy atom. The van der Waals surface area contributed by atoms with Crippen molar-refractivity contribution in [3.05, 3.63) is 36.0 Å². The number of rotatable bonds is 6. The Kier molecular flexibility index (Phi) is 9.00. The highest BCUT2D eigenvalue weighted by Gasteiger charge is 2.21. The van der Waals surface area contributed by atoms with Gasteiger partial charge in [-0.2, -0.15) is 0 Å². The Labute approximate surface area is 152 Å². The second kappa shape index (κ2) is 10.2. The summed E-state index contributed by atoms with van der Waals surface area (Å²) in [6, 6.07) is 9.67. The Morgan fingerprint density at radius 2 is 1.87 bits per heavy atom. The monoisotopic (exact) mass is 357 g/mol. The molecule has 23 heavy (non-hydrogen) atoms. The largest absolute Gasteiger partial charge is 0.361 e. The van der Waals surface area contributed by atoms with E-state index >= 15 is 0 Å². The Morgan fingerprint density at radius 3 is 2.61 bits per heavy atom. The van der Waals surface area contributed by atoms with Crippen LogP contribution >= 0.6 is 24.8 Å². The zero-order valence-electron chi connectivity index (χ0n) is 13.9. The van der Waals surface area contributed by atoms with E-state index < -0.39 is 0 Å². The average molecular weight is 358 g/mol. The van der Waals surface area contributed by atoms with Crippen LogP contribution in [-0.4, -0.2) is 36.1 Å². The van der Waals surface area contributed by atoms with Gasteiger partial charge in [-0.3, -0.25) is 4.90 Å². The molecule has 1 saturated heterocycles. The zero-order valence-corrected chi connectivity index (χ0v) is 15.5. The first kappa shape index (κ1) is 20.3. The molecule has 130 valence electrons. The molecule has 0 radical (unpaired) electrons. The van der Waals surface area contributed by atoms with Crippen molar-refractivity contribution < 1.29 is 0 Å². The summed E-state index contributed by atoms with van der Waals surface area (Å²) in [4.78, 5) is 6.02. The fraction of sp³-hybridized carbons (Fsp3) is 0.556. The number of halogens is 2. The van der Waals surface area contributed by atoms with Crippen molar-refractivity contribution in [1.82, 2.24) is 15.2 Å². The molecule has 1 atom stereocenters. The summed E-state index contributed by atoms with van der Waals surface area (Å²) < 4.78 is 0. The first-order valence-corrected chi connectivity index (χ1v) is 8.40. The van der Waals surface area contributed by atoms with Crippen LogP contribution in [0.5, 0.6) is 0 Å². The van der Waals surface area contributed by atoms with Crippen LogP contribution in [0.15, 0.2) is 30.5 Å². The number of H-pyrrole nitrogens is 1. The highest BCUT2D eigenvalue weighted by atomic mass is 35.5. The van der Waals surface area contributed by atoms with E-state index in [1.807, 2.05) is 6.20 Å². The molecule has 2 N–H and O–H groups in total. The molecule has 0 bridgehead atoms. The summed E-state index contributed by atoms with van der Waals surface area (Å²) in [7, 11) is 0. The van der Waals surface area contributed by atoms with E-state index in [2.05, 4.69) is 46.4 Å². The lowest BCUT2D eigenvalue weighted by molar-refractivity contribution is 0.163. The maximum absolute atomic E-state index is 3.47. The summed E-state index contributed by atoms with van der Waals surface area (Å²) in [5.74, 6) is 0. The fourth-order valence-corrected chi connectivity index (χ4v) is 3.41. The van der Waals surface area contributed by atoms with Gasteiger partial charge in [0.05, 0.1) is 0 Å². The SMILES string of the molecule is CCCCC[C@H](c1ccc2cc[nH]c2c1)N1CCNCC1.Cl.Cl. The predicted octanol–water partition coefficient (Wildman–Crippen LogP) is 4.54. The Hall–Kier alpha value is -0.740. The lowest BCUT2D eigenvalue weighted by Crippen LogP contribution is -2.45. The number of aromatic nitrogens is 1. The molecule has 0 saturated carbocycles. The van der Waals surface area contributed by atoms with Crippen LogP contribution in [0.1, 0.15) is 44.2 Å². The molecule has 1 aromatic carbocycles. The molecule has 0 spiro atoms. The fourth-order valence-electron chi connectivity index (χ4n) is 3.41. The number of unbranched alkanes of at least 4 members (excludes halogenated alkanes) is 2.